The molecule has 0 amide bonds. The summed E-state index contributed by atoms with van der Waals surface area (Å²) < 4.78 is 0. The van der Waals surface area contributed by atoms with Crippen molar-refractivity contribution in [2.24, 2.45) is 0 Å². The van der Waals surface area contributed by atoms with Gasteiger partial charge in [-0.3, -0.25) is 0 Å². The lowest BCUT2D eigenvalue weighted by molar-refractivity contribution is 0.692. The van der Waals surface area contributed by atoms with E-state index in [1.54, 1.807) is 0 Å². The molecule has 0 saturated heterocycles. The summed E-state index contributed by atoms with van der Waals surface area (Å²) in [5.74, 6) is 0. The highest BCUT2D eigenvalue weighted by molar-refractivity contribution is 5.78. The number of rotatable bonds is 3. The van der Waals surface area contributed by atoms with Gasteiger partial charge >= 0.3 is 0 Å². The Hall–Kier alpha value is -1.57. The minimum atomic E-state index is 1.04. The minimum absolute atomic E-state index is 1.04. The van der Waals surface area contributed by atoms with E-state index in [0.717, 1.165) is 18.4 Å². The predicted octanol–water partition coefficient (Wildman–Crippen LogP) is 3.88. The van der Waals surface area contributed by atoms with Gasteiger partial charge < -0.3 is 10.7 Å². The van der Waals surface area contributed by atoms with E-state index in [1.807, 2.05) is 12.1 Å². The highest BCUT2D eigenvalue weighted by Gasteiger charge is 2.11. The first-order valence-corrected chi connectivity index (χ1v) is 5.86. The Morgan fingerprint density at radius 2 is 1.94 bits per heavy atom. The lowest BCUT2D eigenvalue weighted by Crippen LogP contribution is -2.09. The van der Waals surface area contributed by atoms with E-state index in [9.17, 15) is 0 Å². The standard InChI is InChI=1S/C14H18N2/c1-11-6-2-4-8-13(11)16-14-9-5-3-7-12(14)10-15/h2,4,6,8,10,15-16H,3,5,7,9H2,1H3. The molecule has 1 aliphatic rings. The molecule has 16 heavy (non-hydrogen) atoms. The van der Waals surface area contributed by atoms with Crippen molar-refractivity contribution < 1.29 is 0 Å². The molecule has 0 saturated carbocycles. The number of hydrogen-bond donors (Lipinski definition) is 2. The summed E-state index contributed by atoms with van der Waals surface area (Å²) in [6.07, 6.45) is 6.05. The number of aryl methyl sites for hydroxylation is 1. The van der Waals surface area contributed by atoms with Crippen molar-refractivity contribution in [3.8, 4) is 0 Å². The third-order valence-corrected chi connectivity index (χ3v) is 3.12. The van der Waals surface area contributed by atoms with Crippen LogP contribution in [0.15, 0.2) is 35.5 Å². The van der Waals surface area contributed by atoms with Crippen molar-refractivity contribution in [3.05, 3.63) is 41.1 Å². The van der Waals surface area contributed by atoms with Gasteiger partial charge in [0, 0.05) is 17.6 Å². The van der Waals surface area contributed by atoms with Gasteiger partial charge in [-0.15, -0.1) is 0 Å². The molecule has 1 aliphatic carbocycles. The molecule has 1 aromatic rings. The van der Waals surface area contributed by atoms with Gasteiger partial charge in [-0.25, -0.2) is 0 Å². The average molecular weight is 214 g/mol. The zero-order chi connectivity index (χ0) is 11.4. The number of benzene rings is 1. The first kappa shape index (κ1) is 10.9. The Bertz CT molecular complexity index is 418. The van der Waals surface area contributed by atoms with Crippen molar-refractivity contribution in [1.82, 2.24) is 0 Å². The topological polar surface area (TPSA) is 35.9 Å². The smallest absolute Gasteiger partial charge is 0.0411 e. The summed E-state index contributed by atoms with van der Waals surface area (Å²) in [5.41, 5.74) is 4.81. The molecule has 0 aliphatic heterocycles. The van der Waals surface area contributed by atoms with E-state index in [4.69, 9.17) is 5.41 Å². The predicted molar refractivity (Wildman–Crippen MR) is 69.1 cm³/mol. The summed E-state index contributed by atoms with van der Waals surface area (Å²) >= 11 is 0. The Morgan fingerprint density at radius 1 is 1.19 bits per heavy atom. The van der Waals surface area contributed by atoms with Gasteiger partial charge in [0.05, 0.1) is 0 Å². The number of nitrogens with one attached hydrogen (secondary N) is 2. The number of para-hydroxylation sites is 1. The first-order chi connectivity index (χ1) is 7.81. The normalized spacial score (nSPS) is 16.1. The van der Waals surface area contributed by atoms with Crippen molar-refractivity contribution in [2.75, 3.05) is 5.32 Å². The second-order valence-corrected chi connectivity index (χ2v) is 4.30. The maximum absolute atomic E-state index is 7.42. The van der Waals surface area contributed by atoms with Crippen LogP contribution in [-0.4, -0.2) is 6.21 Å². The molecule has 2 N–H and O–H groups in total. The molecule has 2 rings (SSSR count). The SMILES string of the molecule is Cc1ccccc1NC1=C(C=N)CCCC1. The second kappa shape index (κ2) is 4.97. The molecule has 0 atom stereocenters. The molecule has 0 spiro atoms. The van der Waals surface area contributed by atoms with Gasteiger partial charge in [0.1, 0.15) is 0 Å². The molecule has 0 bridgehead atoms. The van der Waals surface area contributed by atoms with E-state index in [0.29, 0.717) is 0 Å². The molecular weight excluding hydrogens is 196 g/mol. The molecule has 2 nitrogen and oxygen atoms in total. The summed E-state index contributed by atoms with van der Waals surface area (Å²) in [7, 11) is 0. The van der Waals surface area contributed by atoms with Crippen LogP contribution in [0.3, 0.4) is 0 Å². The highest BCUT2D eigenvalue weighted by Crippen LogP contribution is 2.26. The third-order valence-electron chi connectivity index (χ3n) is 3.12. The molecule has 84 valence electrons. The number of allylic oxidation sites excluding steroid dienone is 2. The van der Waals surface area contributed by atoms with E-state index in [1.165, 1.54) is 36.0 Å². The first-order valence-electron chi connectivity index (χ1n) is 5.86. The molecule has 0 aromatic heterocycles. The van der Waals surface area contributed by atoms with Gasteiger partial charge in [-0.2, -0.15) is 0 Å². The van der Waals surface area contributed by atoms with Crippen molar-refractivity contribution in [2.45, 2.75) is 32.6 Å². The van der Waals surface area contributed by atoms with Crippen LogP contribution in [-0.2, 0) is 0 Å². The van der Waals surface area contributed by atoms with Crippen LogP contribution in [0.25, 0.3) is 0 Å². The van der Waals surface area contributed by atoms with Crippen molar-refractivity contribution in [1.29, 1.82) is 5.41 Å². The Morgan fingerprint density at radius 3 is 2.69 bits per heavy atom. The van der Waals surface area contributed by atoms with Crippen molar-refractivity contribution >= 4 is 11.9 Å². The number of anilines is 1. The summed E-state index contributed by atoms with van der Waals surface area (Å²) in [5, 5.41) is 10.9. The van der Waals surface area contributed by atoms with Crippen LogP contribution < -0.4 is 5.32 Å². The molecule has 0 radical (unpaired) electrons. The van der Waals surface area contributed by atoms with Crippen LogP contribution >= 0.6 is 0 Å². The monoisotopic (exact) mass is 214 g/mol. The van der Waals surface area contributed by atoms with Crippen LogP contribution in [0.4, 0.5) is 5.69 Å². The summed E-state index contributed by atoms with van der Waals surface area (Å²) in [6, 6.07) is 8.30. The van der Waals surface area contributed by atoms with Crippen LogP contribution in [0.1, 0.15) is 31.2 Å². The van der Waals surface area contributed by atoms with Gasteiger partial charge in [-0.05, 0) is 49.8 Å². The van der Waals surface area contributed by atoms with Crippen LogP contribution in [0.5, 0.6) is 0 Å². The average Bonchev–Trinajstić information content (AvgIpc) is 2.33. The zero-order valence-corrected chi connectivity index (χ0v) is 9.72. The van der Waals surface area contributed by atoms with E-state index in [2.05, 4.69) is 24.4 Å². The minimum Gasteiger partial charge on any atom is -0.358 e. The maximum atomic E-state index is 7.42. The maximum Gasteiger partial charge on any atom is 0.0411 e. The Balaban J connectivity index is 2.23. The number of hydrogen-bond acceptors (Lipinski definition) is 2. The molecule has 0 unspecified atom stereocenters. The summed E-state index contributed by atoms with van der Waals surface area (Å²) in [6.45, 7) is 2.11. The third kappa shape index (κ3) is 2.32. The Kier molecular flexibility index (Phi) is 3.40. The van der Waals surface area contributed by atoms with Gasteiger partial charge in [0.2, 0.25) is 0 Å². The van der Waals surface area contributed by atoms with Gasteiger partial charge in [-0.1, -0.05) is 18.2 Å². The summed E-state index contributed by atoms with van der Waals surface area (Å²) in [4.78, 5) is 0. The molecule has 1 aromatic carbocycles. The molecular formula is C14H18N2. The van der Waals surface area contributed by atoms with Gasteiger partial charge in [0.25, 0.3) is 0 Å². The van der Waals surface area contributed by atoms with E-state index in [-0.39, 0.29) is 0 Å². The largest absolute Gasteiger partial charge is 0.358 e. The van der Waals surface area contributed by atoms with Crippen LogP contribution in [0, 0.1) is 12.3 Å². The van der Waals surface area contributed by atoms with E-state index >= 15 is 0 Å². The fraction of sp³-hybridized carbons (Fsp3) is 0.357. The van der Waals surface area contributed by atoms with Crippen molar-refractivity contribution in [3.63, 3.8) is 0 Å². The lowest BCUT2D eigenvalue weighted by atomic mass is 9.96. The molecule has 2 heteroatoms. The van der Waals surface area contributed by atoms with Crippen LogP contribution in [0.2, 0.25) is 0 Å². The fourth-order valence-electron chi connectivity index (χ4n) is 2.11. The second-order valence-electron chi connectivity index (χ2n) is 4.30. The van der Waals surface area contributed by atoms with E-state index < -0.39 is 0 Å². The highest BCUT2D eigenvalue weighted by atomic mass is 14.9. The van der Waals surface area contributed by atoms with Gasteiger partial charge in [0.15, 0.2) is 0 Å². The quantitative estimate of drug-likeness (QED) is 0.736. The fourth-order valence-corrected chi connectivity index (χ4v) is 2.11. The zero-order valence-electron chi connectivity index (χ0n) is 9.72. The molecule has 0 fully saturated rings. The lowest BCUT2D eigenvalue weighted by Gasteiger charge is -2.20. The molecule has 0 heterocycles. The Labute approximate surface area is 96.9 Å².